The highest BCUT2D eigenvalue weighted by molar-refractivity contribution is 9.10. The molecule has 0 atom stereocenters. The summed E-state index contributed by atoms with van der Waals surface area (Å²) in [6.45, 7) is 2.00. The maximum atomic E-state index is 10.9. The smallest absolute Gasteiger partial charge is 0.304 e. The molecular formula is C13H15BrO3. The molecule has 4 heteroatoms. The third kappa shape index (κ3) is 2.32. The van der Waals surface area contributed by atoms with E-state index in [1.807, 2.05) is 13.0 Å². The van der Waals surface area contributed by atoms with Gasteiger partial charge in [-0.1, -0.05) is 6.07 Å². The molecule has 17 heavy (non-hydrogen) atoms. The van der Waals surface area contributed by atoms with Crippen molar-refractivity contribution in [2.24, 2.45) is 0 Å². The molecular weight excluding hydrogens is 284 g/mol. The van der Waals surface area contributed by atoms with Gasteiger partial charge in [-0.05, 0) is 52.9 Å². The number of hydrogen-bond donors (Lipinski definition) is 1. The Labute approximate surface area is 109 Å². The van der Waals surface area contributed by atoms with Crippen LogP contribution in [0.3, 0.4) is 0 Å². The molecule has 0 saturated heterocycles. The first-order chi connectivity index (χ1) is 7.98. The average molecular weight is 299 g/mol. The summed E-state index contributed by atoms with van der Waals surface area (Å²) >= 11 is 3.52. The van der Waals surface area contributed by atoms with Crippen LogP contribution in [0.2, 0.25) is 0 Å². The lowest BCUT2D eigenvalue weighted by Crippen LogP contribution is -2.14. The van der Waals surface area contributed by atoms with Gasteiger partial charge in [-0.3, -0.25) is 4.79 Å². The minimum absolute atomic E-state index is 0.191. The maximum absolute atomic E-state index is 10.9. The van der Waals surface area contributed by atoms with Gasteiger partial charge < -0.3 is 9.84 Å². The number of hydrogen-bond acceptors (Lipinski definition) is 2. The number of aliphatic carboxylic acids is 1. The van der Waals surface area contributed by atoms with Crippen molar-refractivity contribution in [2.45, 2.75) is 31.6 Å². The fourth-order valence-electron chi connectivity index (χ4n) is 2.25. The summed E-state index contributed by atoms with van der Waals surface area (Å²) in [7, 11) is 1.63. The maximum Gasteiger partial charge on any atom is 0.304 e. The van der Waals surface area contributed by atoms with Crippen molar-refractivity contribution in [3.8, 4) is 5.75 Å². The molecule has 0 aliphatic heterocycles. The van der Waals surface area contributed by atoms with Gasteiger partial charge in [0, 0.05) is 5.41 Å². The van der Waals surface area contributed by atoms with Crippen LogP contribution in [0.1, 0.15) is 30.4 Å². The predicted molar refractivity (Wildman–Crippen MR) is 68.6 cm³/mol. The molecule has 1 aliphatic rings. The highest BCUT2D eigenvalue weighted by Crippen LogP contribution is 2.54. The Bertz CT molecular complexity index is 464. The molecule has 2 rings (SSSR count). The van der Waals surface area contributed by atoms with E-state index >= 15 is 0 Å². The van der Waals surface area contributed by atoms with E-state index in [9.17, 15) is 4.79 Å². The number of aryl methyl sites for hydroxylation is 1. The van der Waals surface area contributed by atoms with E-state index in [1.54, 1.807) is 7.11 Å². The van der Waals surface area contributed by atoms with Crippen molar-refractivity contribution < 1.29 is 14.6 Å². The largest absolute Gasteiger partial charge is 0.496 e. The fraction of sp³-hybridized carbons (Fsp3) is 0.462. The lowest BCUT2D eigenvalue weighted by molar-refractivity contribution is -0.137. The number of benzene rings is 1. The van der Waals surface area contributed by atoms with Crippen LogP contribution >= 0.6 is 15.9 Å². The molecule has 1 fully saturated rings. The van der Waals surface area contributed by atoms with Crippen LogP contribution in [0, 0.1) is 6.92 Å². The van der Waals surface area contributed by atoms with Crippen LogP contribution in [0.4, 0.5) is 0 Å². The van der Waals surface area contributed by atoms with E-state index in [0.29, 0.717) is 0 Å². The van der Waals surface area contributed by atoms with Crippen molar-refractivity contribution in [2.75, 3.05) is 7.11 Å². The van der Waals surface area contributed by atoms with Gasteiger partial charge in [0.15, 0.2) is 0 Å². The lowest BCUT2D eigenvalue weighted by Gasteiger charge is -2.18. The molecule has 1 N–H and O–H groups in total. The first-order valence-electron chi connectivity index (χ1n) is 5.55. The number of ether oxygens (including phenoxy) is 1. The highest BCUT2D eigenvalue weighted by Gasteiger charge is 2.47. The second kappa shape index (κ2) is 4.33. The fourth-order valence-corrected chi connectivity index (χ4v) is 3.06. The molecule has 3 nitrogen and oxygen atoms in total. The molecule has 92 valence electrons. The predicted octanol–water partition coefficient (Wildman–Crippen LogP) is 3.27. The van der Waals surface area contributed by atoms with Crippen LogP contribution in [0.15, 0.2) is 16.6 Å². The number of halogens is 1. The van der Waals surface area contributed by atoms with Crippen LogP contribution in [0.5, 0.6) is 5.75 Å². The summed E-state index contributed by atoms with van der Waals surface area (Å²) in [4.78, 5) is 10.9. The van der Waals surface area contributed by atoms with E-state index in [4.69, 9.17) is 9.84 Å². The van der Waals surface area contributed by atoms with Gasteiger partial charge >= 0.3 is 5.97 Å². The van der Waals surface area contributed by atoms with E-state index in [2.05, 4.69) is 22.0 Å². The van der Waals surface area contributed by atoms with Gasteiger partial charge in [0.05, 0.1) is 18.0 Å². The van der Waals surface area contributed by atoms with Gasteiger partial charge in [0.2, 0.25) is 0 Å². The third-order valence-corrected chi connectivity index (χ3v) is 4.14. The summed E-state index contributed by atoms with van der Waals surface area (Å²) in [5.41, 5.74) is 1.97. The Morgan fingerprint density at radius 3 is 2.65 bits per heavy atom. The zero-order chi connectivity index (χ0) is 12.6. The quantitative estimate of drug-likeness (QED) is 0.928. The van der Waals surface area contributed by atoms with Crippen molar-refractivity contribution in [3.05, 3.63) is 27.7 Å². The topological polar surface area (TPSA) is 46.5 Å². The van der Waals surface area contributed by atoms with Gasteiger partial charge in [-0.15, -0.1) is 0 Å². The highest BCUT2D eigenvalue weighted by atomic mass is 79.9. The van der Waals surface area contributed by atoms with Crippen molar-refractivity contribution >= 4 is 21.9 Å². The number of rotatable bonds is 4. The van der Waals surface area contributed by atoms with Crippen molar-refractivity contribution in [1.82, 2.24) is 0 Å². The Hall–Kier alpha value is -1.03. The Morgan fingerprint density at radius 2 is 2.18 bits per heavy atom. The second-order valence-corrected chi connectivity index (χ2v) is 5.47. The first-order valence-corrected chi connectivity index (χ1v) is 6.34. The minimum Gasteiger partial charge on any atom is -0.496 e. The molecule has 0 heterocycles. The van der Waals surface area contributed by atoms with Crippen LogP contribution < -0.4 is 4.74 Å². The molecule has 1 aromatic rings. The summed E-state index contributed by atoms with van der Waals surface area (Å²) in [6.07, 6.45) is 2.06. The van der Waals surface area contributed by atoms with Gasteiger partial charge in [-0.2, -0.15) is 0 Å². The zero-order valence-corrected chi connectivity index (χ0v) is 11.5. The zero-order valence-electron chi connectivity index (χ0n) is 9.92. The molecule has 0 amide bonds. The molecule has 0 radical (unpaired) electrons. The van der Waals surface area contributed by atoms with Gasteiger partial charge in [-0.25, -0.2) is 0 Å². The molecule has 1 aromatic carbocycles. The third-order valence-electron chi connectivity index (χ3n) is 3.32. The normalized spacial score (nSPS) is 16.6. The van der Waals surface area contributed by atoms with E-state index in [-0.39, 0.29) is 11.8 Å². The van der Waals surface area contributed by atoms with Gasteiger partial charge in [0.1, 0.15) is 5.75 Å². The molecule has 1 saturated carbocycles. The number of carboxylic acids is 1. The van der Waals surface area contributed by atoms with Crippen molar-refractivity contribution in [1.29, 1.82) is 0 Å². The summed E-state index contributed by atoms with van der Waals surface area (Å²) < 4.78 is 6.19. The molecule has 1 aliphatic carbocycles. The summed E-state index contributed by atoms with van der Waals surface area (Å²) in [5, 5.41) is 8.99. The van der Waals surface area contributed by atoms with Crippen LogP contribution in [-0.2, 0) is 10.2 Å². The lowest BCUT2D eigenvalue weighted by atomic mass is 9.91. The minimum atomic E-state index is -0.741. The van der Waals surface area contributed by atoms with Gasteiger partial charge in [0.25, 0.3) is 0 Å². The van der Waals surface area contributed by atoms with E-state index < -0.39 is 5.97 Å². The summed E-state index contributed by atoms with van der Waals surface area (Å²) in [5.74, 6) is 0.0338. The average Bonchev–Trinajstić information content (AvgIpc) is 3.00. The van der Waals surface area contributed by atoms with E-state index in [0.717, 1.165) is 34.2 Å². The Morgan fingerprint density at radius 1 is 1.53 bits per heavy atom. The molecule has 0 aromatic heterocycles. The van der Waals surface area contributed by atoms with Crippen molar-refractivity contribution in [3.63, 3.8) is 0 Å². The number of methoxy groups -OCH3 is 1. The van der Waals surface area contributed by atoms with Crippen LogP contribution in [0.25, 0.3) is 0 Å². The monoisotopic (exact) mass is 298 g/mol. The first kappa shape index (κ1) is 12.4. The second-order valence-electron chi connectivity index (χ2n) is 4.68. The number of carboxylic acid groups (broad SMARTS) is 1. The molecule has 0 bridgehead atoms. The molecule has 0 unspecified atom stereocenters. The SMILES string of the molecule is COc1cc(C)cc(C2(CC(=O)O)CC2)c1Br. The van der Waals surface area contributed by atoms with E-state index in [1.165, 1.54) is 0 Å². The Kier molecular flexibility index (Phi) is 3.17. The van der Waals surface area contributed by atoms with Crippen LogP contribution in [-0.4, -0.2) is 18.2 Å². The number of carbonyl (C=O) groups is 1. The Balaban J connectivity index is 2.45. The standard InChI is InChI=1S/C13H15BrO3/c1-8-5-9(12(14)10(6-8)17-2)13(3-4-13)7-11(15)16/h5-6H,3-4,7H2,1-2H3,(H,15,16). The molecule has 0 spiro atoms. The summed E-state index contributed by atoms with van der Waals surface area (Å²) in [6, 6.07) is 4.01.